The summed E-state index contributed by atoms with van der Waals surface area (Å²) in [5, 5.41) is 2.63. The summed E-state index contributed by atoms with van der Waals surface area (Å²) in [7, 11) is -3.73. The van der Waals surface area contributed by atoms with Crippen LogP contribution in [-0.4, -0.2) is 50.8 Å². The Morgan fingerprint density at radius 3 is 2.37 bits per heavy atom. The Hall–Kier alpha value is -2.00. The van der Waals surface area contributed by atoms with E-state index in [1.54, 1.807) is 11.8 Å². The van der Waals surface area contributed by atoms with Gasteiger partial charge in [0.1, 0.15) is 5.82 Å². The third kappa shape index (κ3) is 6.00. The van der Waals surface area contributed by atoms with Gasteiger partial charge < -0.3 is 10.2 Å². The minimum absolute atomic E-state index is 0.00941. The quantitative estimate of drug-likeness (QED) is 0.722. The molecule has 1 aliphatic heterocycles. The second-order valence-corrected chi connectivity index (χ2v) is 8.47. The molecule has 7 nitrogen and oxygen atoms in total. The van der Waals surface area contributed by atoms with Gasteiger partial charge in [0.2, 0.25) is 21.8 Å². The van der Waals surface area contributed by atoms with Crippen molar-refractivity contribution < 1.29 is 22.4 Å². The first-order valence-corrected chi connectivity index (χ1v) is 10.5. The van der Waals surface area contributed by atoms with E-state index in [-0.39, 0.29) is 35.2 Å². The monoisotopic (exact) mass is 399 g/mol. The van der Waals surface area contributed by atoms with Crippen LogP contribution in [0.1, 0.15) is 33.1 Å². The van der Waals surface area contributed by atoms with E-state index in [0.717, 1.165) is 12.1 Å². The van der Waals surface area contributed by atoms with Crippen molar-refractivity contribution in [2.24, 2.45) is 5.92 Å². The van der Waals surface area contributed by atoms with Gasteiger partial charge in [-0.2, -0.15) is 0 Å². The van der Waals surface area contributed by atoms with Crippen LogP contribution in [0.4, 0.5) is 4.39 Å². The van der Waals surface area contributed by atoms with Gasteiger partial charge in [0.05, 0.1) is 11.4 Å². The smallest absolute Gasteiger partial charge is 0.241 e. The molecule has 1 heterocycles. The van der Waals surface area contributed by atoms with E-state index in [9.17, 15) is 22.4 Å². The fraction of sp³-hybridized carbons (Fsp3) is 0.556. The highest BCUT2D eigenvalue weighted by Gasteiger charge is 2.27. The number of likely N-dealkylation sites (tertiary alicyclic amines) is 1. The molecule has 0 spiro atoms. The summed E-state index contributed by atoms with van der Waals surface area (Å²) in [6, 6.07) is 4.35. The molecule has 1 saturated heterocycles. The van der Waals surface area contributed by atoms with E-state index in [1.807, 2.05) is 6.92 Å². The lowest BCUT2D eigenvalue weighted by molar-refractivity contribution is -0.134. The number of amides is 2. The Labute approximate surface area is 159 Å². The highest BCUT2D eigenvalue weighted by molar-refractivity contribution is 7.89. The van der Waals surface area contributed by atoms with Gasteiger partial charge in [-0.1, -0.05) is 13.8 Å². The van der Waals surface area contributed by atoms with Crippen molar-refractivity contribution in [2.45, 2.75) is 44.0 Å². The summed E-state index contributed by atoms with van der Waals surface area (Å²) in [5.41, 5.74) is 0. The third-order valence-corrected chi connectivity index (χ3v) is 6.30. The van der Waals surface area contributed by atoms with Crippen LogP contribution in [0.5, 0.6) is 0 Å². The lowest BCUT2D eigenvalue weighted by atomic mass is 10.1. The minimum Gasteiger partial charge on any atom is -0.347 e. The van der Waals surface area contributed by atoms with Crippen LogP contribution in [-0.2, 0) is 19.6 Å². The zero-order chi connectivity index (χ0) is 20.0. The standard InChI is InChI=1S/C18H26FN3O4S/c1-3-13(2)18(24)20-12-17(23)22-10-8-15(9-11-22)21-27(25,26)16-6-4-14(19)5-7-16/h4-7,13,15,21H,3,8-12H2,1-2H3,(H,20,24). The van der Waals surface area contributed by atoms with Crippen molar-refractivity contribution in [1.82, 2.24) is 14.9 Å². The van der Waals surface area contributed by atoms with Crippen molar-refractivity contribution >= 4 is 21.8 Å². The molecule has 1 aliphatic rings. The van der Waals surface area contributed by atoms with E-state index in [0.29, 0.717) is 32.4 Å². The molecule has 0 saturated carbocycles. The Balaban J connectivity index is 1.82. The molecular formula is C18H26FN3O4S. The number of carbonyl (C=O) groups excluding carboxylic acids is 2. The van der Waals surface area contributed by atoms with Gasteiger partial charge in [-0.25, -0.2) is 17.5 Å². The molecule has 0 aliphatic carbocycles. The fourth-order valence-corrected chi connectivity index (χ4v) is 4.09. The van der Waals surface area contributed by atoms with Crippen LogP contribution < -0.4 is 10.0 Å². The molecule has 2 N–H and O–H groups in total. The molecule has 1 unspecified atom stereocenters. The van der Waals surface area contributed by atoms with Gasteiger partial charge in [-0.15, -0.1) is 0 Å². The van der Waals surface area contributed by atoms with Gasteiger partial charge in [-0.3, -0.25) is 9.59 Å². The van der Waals surface area contributed by atoms with Gasteiger partial charge in [0.15, 0.2) is 0 Å². The number of rotatable bonds is 7. The van der Waals surface area contributed by atoms with E-state index in [4.69, 9.17) is 0 Å². The van der Waals surface area contributed by atoms with Gasteiger partial charge >= 0.3 is 0 Å². The van der Waals surface area contributed by atoms with Crippen LogP contribution in [0.3, 0.4) is 0 Å². The Bertz CT molecular complexity index is 759. The topological polar surface area (TPSA) is 95.6 Å². The number of benzene rings is 1. The molecule has 27 heavy (non-hydrogen) atoms. The lowest BCUT2D eigenvalue weighted by Gasteiger charge is -2.32. The minimum atomic E-state index is -3.73. The number of nitrogens with zero attached hydrogens (tertiary/aromatic N) is 1. The number of piperidine rings is 1. The first-order chi connectivity index (χ1) is 12.7. The second-order valence-electron chi connectivity index (χ2n) is 6.76. The molecule has 0 aromatic heterocycles. The Morgan fingerprint density at radius 2 is 1.81 bits per heavy atom. The maximum atomic E-state index is 13.0. The lowest BCUT2D eigenvalue weighted by Crippen LogP contribution is -2.49. The SMILES string of the molecule is CCC(C)C(=O)NCC(=O)N1CCC(NS(=O)(=O)c2ccc(F)cc2)CC1. The molecule has 150 valence electrons. The maximum Gasteiger partial charge on any atom is 0.241 e. The molecule has 0 radical (unpaired) electrons. The molecule has 1 aromatic carbocycles. The highest BCUT2D eigenvalue weighted by Crippen LogP contribution is 2.15. The number of sulfonamides is 1. The van der Waals surface area contributed by atoms with Crippen molar-refractivity contribution in [3.8, 4) is 0 Å². The predicted octanol–water partition coefficient (Wildman–Crippen LogP) is 1.26. The number of halogens is 1. The first kappa shape index (κ1) is 21.3. The highest BCUT2D eigenvalue weighted by atomic mass is 32.2. The zero-order valence-electron chi connectivity index (χ0n) is 15.6. The number of hydrogen-bond acceptors (Lipinski definition) is 4. The summed E-state index contributed by atoms with van der Waals surface area (Å²) in [4.78, 5) is 25.6. The average Bonchev–Trinajstić information content (AvgIpc) is 2.65. The molecule has 1 aromatic rings. The Morgan fingerprint density at radius 1 is 1.22 bits per heavy atom. The molecule has 1 fully saturated rings. The summed E-state index contributed by atoms with van der Waals surface area (Å²) in [6.45, 7) is 4.49. The van der Waals surface area contributed by atoms with E-state index in [2.05, 4.69) is 10.0 Å². The van der Waals surface area contributed by atoms with Crippen molar-refractivity contribution in [3.05, 3.63) is 30.1 Å². The van der Waals surface area contributed by atoms with Crippen molar-refractivity contribution in [1.29, 1.82) is 0 Å². The normalized spacial score (nSPS) is 16.8. The molecular weight excluding hydrogens is 373 g/mol. The van der Waals surface area contributed by atoms with E-state index in [1.165, 1.54) is 12.1 Å². The average molecular weight is 399 g/mol. The van der Waals surface area contributed by atoms with Gasteiger partial charge in [0, 0.05) is 25.0 Å². The van der Waals surface area contributed by atoms with Crippen molar-refractivity contribution in [2.75, 3.05) is 19.6 Å². The molecule has 1 atom stereocenters. The van der Waals surface area contributed by atoms with Gasteiger partial charge in [-0.05, 0) is 43.5 Å². The zero-order valence-corrected chi connectivity index (χ0v) is 16.4. The first-order valence-electron chi connectivity index (χ1n) is 9.06. The summed E-state index contributed by atoms with van der Waals surface area (Å²) >= 11 is 0. The molecule has 0 bridgehead atoms. The summed E-state index contributed by atoms with van der Waals surface area (Å²) in [5.74, 6) is -0.954. The van der Waals surface area contributed by atoms with Crippen LogP contribution in [0.15, 0.2) is 29.2 Å². The second kappa shape index (κ2) is 9.27. The predicted molar refractivity (Wildman–Crippen MR) is 98.8 cm³/mol. The summed E-state index contributed by atoms with van der Waals surface area (Å²) in [6.07, 6.45) is 1.66. The molecule has 2 amide bonds. The third-order valence-electron chi connectivity index (χ3n) is 4.77. The number of hydrogen-bond donors (Lipinski definition) is 2. The van der Waals surface area contributed by atoms with E-state index < -0.39 is 15.8 Å². The maximum absolute atomic E-state index is 13.0. The van der Waals surface area contributed by atoms with Crippen LogP contribution >= 0.6 is 0 Å². The molecule has 2 rings (SSSR count). The largest absolute Gasteiger partial charge is 0.347 e. The van der Waals surface area contributed by atoms with Crippen LogP contribution in [0.2, 0.25) is 0 Å². The molecule has 9 heteroatoms. The number of nitrogens with one attached hydrogen (secondary N) is 2. The van der Waals surface area contributed by atoms with Crippen molar-refractivity contribution in [3.63, 3.8) is 0 Å². The van der Waals surface area contributed by atoms with Gasteiger partial charge in [0.25, 0.3) is 0 Å². The Kier molecular flexibility index (Phi) is 7.32. The number of carbonyl (C=O) groups is 2. The van der Waals surface area contributed by atoms with Crippen LogP contribution in [0.25, 0.3) is 0 Å². The fourth-order valence-electron chi connectivity index (χ4n) is 2.78. The summed E-state index contributed by atoms with van der Waals surface area (Å²) < 4.78 is 40.2. The van der Waals surface area contributed by atoms with Crippen LogP contribution in [0, 0.1) is 11.7 Å². The van der Waals surface area contributed by atoms with E-state index >= 15 is 0 Å².